The van der Waals surface area contributed by atoms with Crippen molar-refractivity contribution in [2.24, 2.45) is 5.11 Å². The molecule has 0 saturated carbocycles. The number of hydrogen-bond acceptors (Lipinski definition) is 4. The molecule has 1 aromatic rings. The molecule has 5 heteroatoms. The smallest absolute Gasteiger partial charge is 0.317 e. The number of allylic oxidation sites excluding steroid dienone is 1. The van der Waals surface area contributed by atoms with Crippen molar-refractivity contribution in [3.63, 3.8) is 0 Å². The van der Waals surface area contributed by atoms with Crippen LogP contribution in [0.2, 0.25) is 0 Å². The van der Waals surface area contributed by atoms with Crippen LogP contribution in [0.15, 0.2) is 46.7 Å². The van der Waals surface area contributed by atoms with Gasteiger partial charge < -0.3 is 9.94 Å². The van der Waals surface area contributed by atoms with Gasteiger partial charge in [0, 0.05) is 24.5 Å². The normalized spacial score (nSPS) is 22.9. The van der Waals surface area contributed by atoms with Crippen LogP contribution in [-0.4, -0.2) is 10.8 Å². The van der Waals surface area contributed by atoms with Gasteiger partial charge in [0.25, 0.3) is 0 Å². The summed E-state index contributed by atoms with van der Waals surface area (Å²) in [6.07, 6.45) is 0. The second-order valence-corrected chi connectivity index (χ2v) is 4.19. The average Bonchev–Trinajstić information content (AvgIpc) is 2.55. The molecule has 5 nitrogen and oxygen atoms in total. The molecule has 1 aliphatic rings. The summed E-state index contributed by atoms with van der Waals surface area (Å²) in [5.41, 5.74) is 0.410. The molecule has 0 aliphatic carbocycles. The number of esters is 1. The van der Waals surface area contributed by atoms with Gasteiger partial charge in [-0.05, 0) is 6.92 Å². The van der Waals surface area contributed by atoms with Crippen LogP contribution in [0, 0.1) is 5.21 Å². The molecular weight excluding hydrogens is 232 g/mol. The SMILES string of the molecule is CC(=O)OC1(c2ccccc2)N=[N+]([O-])C(C)=C1C. The number of carbonyl (C=O) groups excluding carboxylic acids is 1. The summed E-state index contributed by atoms with van der Waals surface area (Å²) in [4.78, 5) is 11.8. The molecule has 1 atom stereocenters. The van der Waals surface area contributed by atoms with E-state index in [4.69, 9.17) is 4.74 Å². The maximum atomic E-state index is 11.7. The summed E-state index contributed by atoms with van der Waals surface area (Å²) in [6, 6.07) is 9.03. The van der Waals surface area contributed by atoms with E-state index in [-0.39, 0.29) is 0 Å². The fourth-order valence-corrected chi connectivity index (χ4v) is 1.97. The molecular formula is C13H14N2O3. The second kappa shape index (κ2) is 4.25. The summed E-state index contributed by atoms with van der Waals surface area (Å²) in [5.74, 6) is -0.481. The van der Waals surface area contributed by atoms with E-state index in [1.54, 1.807) is 26.0 Å². The van der Waals surface area contributed by atoms with Gasteiger partial charge in [-0.2, -0.15) is 0 Å². The zero-order valence-corrected chi connectivity index (χ0v) is 10.5. The lowest BCUT2D eigenvalue weighted by Gasteiger charge is -2.23. The largest absolute Gasteiger partial charge is 0.594 e. The van der Waals surface area contributed by atoms with E-state index in [0.717, 1.165) is 0 Å². The van der Waals surface area contributed by atoms with Gasteiger partial charge in [-0.1, -0.05) is 35.2 Å². The van der Waals surface area contributed by atoms with Crippen LogP contribution in [0.5, 0.6) is 0 Å². The zero-order valence-electron chi connectivity index (χ0n) is 10.5. The minimum Gasteiger partial charge on any atom is -0.594 e. The highest BCUT2D eigenvalue weighted by Gasteiger charge is 2.48. The molecule has 94 valence electrons. The predicted molar refractivity (Wildman–Crippen MR) is 64.3 cm³/mol. The lowest BCUT2D eigenvalue weighted by atomic mass is 9.95. The fraction of sp³-hybridized carbons (Fsp3) is 0.308. The van der Waals surface area contributed by atoms with E-state index in [0.29, 0.717) is 21.7 Å². The Kier molecular flexibility index (Phi) is 2.90. The van der Waals surface area contributed by atoms with Crippen LogP contribution in [0.1, 0.15) is 26.3 Å². The molecule has 0 amide bonds. The van der Waals surface area contributed by atoms with Crippen LogP contribution >= 0.6 is 0 Å². The standard InChI is InChI=1S/C13H14N2O3/c1-9-10(2)15(17)14-13(9,18-11(3)16)12-7-5-4-6-8-12/h4-8H,1-3H3. The highest BCUT2D eigenvalue weighted by Crippen LogP contribution is 2.41. The number of hydroxylamine groups is 1. The van der Waals surface area contributed by atoms with E-state index in [2.05, 4.69) is 5.11 Å². The second-order valence-electron chi connectivity index (χ2n) is 4.19. The Morgan fingerprint density at radius 2 is 1.94 bits per heavy atom. The lowest BCUT2D eigenvalue weighted by molar-refractivity contribution is -0.480. The Morgan fingerprint density at radius 3 is 2.39 bits per heavy atom. The molecule has 1 aromatic carbocycles. The number of rotatable bonds is 2. The van der Waals surface area contributed by atoms with Gasteiger partial charge in [0.15, 0.2) is 0 Å². The van der Waals surface area contributed by atoms with Crippen LogP contribution < -0.4 is 0 Å². The number of hydrogen-bond donors (Lipinski definition) is 0. The maximum absolute atomic E-state index is 11.7. The molecule has 2 rings (SSSR count). The van der Waals surface area contributed by atoms with Gasteiger partial charge in [-0.25, -0.2) is 0 Å². The van der Waals surface area contributed by atoms with E-state index in [1.165, 1.54) is 6.92 Å². The van der Waals surface area contributed by atoms with Crippen LogP contribution in [0.25, 0.3) is 0 Å². The minimum atomic E-state index is -1.32. The Morgan fingerprint density at radius 1 is 1.33 bits per heavy atom. The zero-order chi connectivity index (χ0) is 13.3. The number of benzene rings is 1. The minimum absolute atomic E-state index is 0.445. The number of azo groups is 1. The third-order valence-corrected chi connectivity index (χ3v) is 3.03. The Labute approximate surface area is 105 Å². The quantitative estimate of drug-likeness (QED) is 0.458. The highest BCUT2D eigenvalue weighted by atomic mass is 16.6. The van der Waals surface area contributed by atoms with Crippen LogP contribution in [-0.2, 0) is 15.3 Å². The molecule has 18 heavy (non-hydrogen) atoms. The van der Waals surface area contributed by atoms with Gasteiger partial charge in [0.2, 0.25) is 5.70 Å². The van der Waals surface area contributed by atoms with Crippen molar-refractivity contribution >= 4 is 5.97 Å². The molecule has 0 N–H and O–H groups in total. The Balaban J connectivity index is 2.61. The number of ether oxygens (including phenoxy) is 1. The Hall–Kier alpha value is -2.17. The van der Waals surface area contributed by atoms with Crippen molar-refractivity contribution in [2.75, 3.05) is 0 Å². The van der Waals surface area contributed by atoms with Crippen molar-refractivity contribution in [1.29, 1.82) is 0 Å². The molecule has 1 unspecified atom stereocenters. The van der Waals surface area contributed by atoms with Crippen molar-refractivity contribution < 1.29 is 14.4 Å². The predicted octanol–water partition coefficient (Wildman–Crippen LogP) is 2.67. The van der Waals surface area contributed by atoms with Gasteiger partial charge >= 0.3 is 11.7 Å². The van der Waals surface area contributed by atoms with Crippen molar-refractivity contribution in [2.45, 2.75) is 26.5 Å². The third-order valence-electron chi connectivity index (χ3n) is 3.03. The summed E-state index contributed by atoms with van der Waals surface area (Å²) < 4.78 is 5.33. The molecule has 0 fully saturated rings. The van der Waals surface area contributed by atoms with E-state index in [1.807, 2.05) is 18.2 Å². The van der Waals surface area contributed by atoms with Gasteiger partial charge in [-0.3, -0.25) is 4.79 Å². The maximum Gasteiger partial charge on any atom is 0.317 e. The summed E-state index contributed by atoms with van der Waals surface area (Å²) in [5, 5.41) is 15.6. The van der Waals surface area contributed by atoms with Crippen LogP contribution in [0.3, 0.4) is 0 Å². The number of nitrogens with zero attached hydrogens (tertiary/aromatic N) is 2. The molecule has 0 aromatic heterocycles. The summed E-state index contributed by atoms with van der Waals surface area (Å²) >= 11 is 0. The highest BCUT2D eigenvalue weighted by molar-refractivity contribution is 5.67. The summed E-state index contributed by atoms with van der Waals surface area (Å²) in [6.45, 7) is 4.70. The molecule has 1 heterocycles. The first-order valence-electron chi connectivity index (χ1n) is 5.60. The summed E-state index contributed by atoms with van der Waals surface area (Å²) in [7, 11) is 0. The van der Waals surface area contributed by atoms with Crippen molar-refractivity contribution in [1.82, 2.24) is 0 Å². The average molecular weight is 246 g/mol. The molecule has 1 aliphatic heterocycles. The first kappa shape index (κ1) is 12.3. The first-order valence-corrected chi connectivity index (χ1v) is 5.60. The fourth-order valence-electron chi connectivity index (χ4n) is 1.97. The third kappa shape index (κ3) is 1.77. The van der Waals surface area contributed by atoms with Crippen LogP contribution in [0.4, 0.5) is 0 Å². The van der Waals surface area contributed by atoms with Gasteiger partial charge in [0.05, 0.1) is 5.57 Å². The molecule has 0 bridgehead atoms. The Bertz CT molecular complexity index is 549. The van der Waals surface area contributed by atoms with Crippen molar-refractivity contribution in [3.8, 4) is 0 Å². The monoisotopic (exact) mass is 246 g/mol. The molecule has 0 radical (unpaired) electrons. The topological polar surface area (TPSA) is 64.7 Å². The van der Waals surface area contributed by atoms with Crippen molar-refractivity contribution in [3.05, 3.63) is 52.4 Å². The van der Waals surface area contributed by atoms with E-state index in [9.17, 15) is 10.0 Å². The first-order chi connectivity index (χ1) is 8.47. The van der Waals surface area contributed by atoms with Gasteiger partial charge in [-0.15, -0.1) is 0 Å². The van der Waals surface area contributed by atoms with Gasteiger partial charge in [0.1, 0.15) is 0 Å². The molecule has 0 saturated heterocycles. The number of carbonyl (C=O) groups is 1. The lowest BCUT2D eigenvalue weighted by Crippen LogP contribution is -2.29. The van der Waals surface area contributed by atoms with E-state index < -0.39 is 11.7 Å². The molecule has 0 spiro atoms. The van der Waals surface area contributed by atoms with E-state index >= 15 is 0 Å².